The van der Waals surface area contributed by atoms with Gasteiger partial charge in [0.25, 0.3) is 0 Å². The van der Waals surface area contributed by atoms with Gasteiger partial charge < -0.3 is 15.9 Å². The second kappa shape index (κ2) is 11.6. The zero-order chi connectivity index (χ0) is 16.2. The molecule has 0 saturated carbocycles. The van der Waals surface area contributed by atoms with Crippen molar-refractivity contribution in [2.75, 3.05) is 6.61 Å². The van der Waals surface area contributed by atoms with Crippen molar-refractivity contribution in [1.29, 1.82) is 0 Å². The Morgan fingerprint density at radius 3 is 2.32 bits per heavy atom. The van der Waals surface area contributed by atoms with Crippen molar-refractivity contribution >= 4 is 0 Å². The van der Waals surface area contributed by atoms with E-state index in [0.29, 0.717) is 5.69 Å². The predicted molar refractivity (Wildman–Crippen MR) is 90.6 cm³/mol. The third kappa shape index (κ3) is 7.34. The van der Waals surface area contributed by atoms with Crippen LogP contribution in [-0.2, 0) is 6.42 Å². The number of nitrogens with zero attached hydrogens (tertiary/aromatic N) is 1. The molecule has 4 nitrogen and oxygen atoms in total. The summed E-state index contributed by atoms with van der Waals surface area (Å²) in [5.41, 5.74) is 7.20. The molecular weight excluding hydrogens is 276 g/mol. The highest BCUT2D eigenvalue weighted by Crippen LogP contribution is 2.15. The van der Waals surface area contributed by atoms with E-state index in [4.69, 9.17) is 10.8 Å². The molecule has 1 heterocycles. The van der Waals surface area contributed by atoms with E-state index in [9.17, 15) is 5.11 Å². The Morgan fingerprint density at radius 2 is 1.68 bits per heavy atom. The summed E-state index contributed by atoms with van der Waals surface area (Å²) < 4.78 is 0. The van der Waals surface area contributed by atoms with Gasteiger partial charge in [0.2, 0.25) is 0 Å². The maximum atomic E-state index is 9.98. The van der Waals surface area contributed by atoms with Gasteiger partial charge in [0.1, 0.15) is 6.10 Å². The molecule has 0 bridgehead atoms. The van der Waals surface area contributed by atoms with Crippen LogP contribution in [-0.4, -0.2) is 27.8 Å². The number of aromatic nitrogens is 1. The Balaban J connectivity index is 2.26. The zero-order valence-electron chi connectivity index (χ0n) is 13.9. The highest BCUT2D eigenvalue weighted by atomic mass is 16.3. The van der Waals surface area contributed by atoms with Crippen LogP contribution in [0.15, 0.2) is 18.2 Å². The molecule has 1 aromatic heterocycles. The van der Waals surface area contributed by atoms with Crippen LogP contribution in [0.4, 0.5) is 0 Å². The van der Waals surface area contributed by atoms with Gasteiger partial charge in [0.05, 0.1) is 18.3 Å². The average Bonchev–Trinajstić information content (AvgIpc) is 2.56. The van der Waals surface area contributed by atoms with E-state index in [0.717, 1.165) is 18.5 Å². The zero-order valence-corrected chi connectivity index (χ0v) is 13.9. The Morgan fingerprint density at radius 1 is 1.05 bits per heavy atom. The molecule has 0 saturated heterocycles. The molecule has 2 unspecified atom stereocenters. The van der Waals surface area contributed by atoms with Crippen LogP contribution in [0, 0.1) is 0 Å². The number of nitrogens with two attached hydrogens (primary N) is 1. The van der Waals surface area contributed by atoms with Crippen LogP contribution in [0.5, 0.6) is 0 Å². The fourth-order valence-corrected chi connectivity index (χ4v) is 2.56. The minimum absolute atomic E-state index is 0.245. The Labute approximate surface area is 134 Å². The first-order valence-electron chi connectivity index (χ1n) is 8.69. The van der Waals surface area contributed by atoms with Gasteiger partial charge in [0, 0.05) is 5.69 Å². The average molecular weight is 308 g/mol. The lowest BCUT2D eigenvalue weighted by molar-refractivity contribution is 0.106. The fourth-order valence-electron chi connectivity index (χ4n) is 2.56. The van der Waals surface area contributed by atoms with E-state index in [1.165, 1.54) is 44.9 Å². The number of unbranched alkanes of at least 4 members (excludes halogenated alkanes) is 7. The van der Waals surface area contributed by atoms with Gasteiger partial charge in [-0.25, -0.2) is 0 Å². The van der Waals surface area contributed by atoms with Crippen molar-refractivity contribution < 1.29 is 10.2 Å². The van der Waals surface area contributed by atoms with Gasteiger partial charge in [-0.15, -0.1) is 0 Å². The van der Waals surface area contributed by atoms with Crippen LogP contribution in [0.2, 0.25) is 0 Å². The van der Waals surface area contributed by atoms with E-state index in [1.54, 1.807) is 6.07 Å². The third-order valence-electron chi connectivity index (χ3n) is 4.03. The molecule has 126 valence electrons. The number of hydrogen-bond donors (Lipinski definition) is 3. The van der Waals surface area contributed by atoms with E-state index < -0.39 is 12.1 Å². The number of aryl methyl sites for hydroxylation is 1. The van der Waals surface area contributed by atoms with Gasteiger partial charge in [-0.1, -0.05) is 57.9 Å². The highest BCUT2D eigenvalue weighted by Gasteiger charge is 2.17. The minimum Gasteiger partial charge on any atom is -0.395 e. The van der Waals surface area contributed by atoms with Crippen LogP contribution >= 0.6 is 0 Å². The van der Waals surface area contributed by atoms with Gasteiger partial charge in [-0.05, 0) is 25.0 Å². The summed E-state index contributed by atoms with van der Waals surface area (Å²) in [5.74, 6) is 0. The van der Waals surface area contributed by atoms with Gasteiger partial charge in [-0.2, -0.15) is 0 Å². The largest absolute Gasteiger partial charge is 0.395 e. The van der Waals surface area contributed by atoms with Crippen molar-refractivity contribution in [1.82, 2.24) is 4.98 Å². The molecule has 1 rings (SSSR count). The normalized spacial score (nSPS) is 14.0. The lowest BCUT2D eigenvalue weighted by Gasteiger charge is -2.16. The van der Waals surface area contributed by atoms with Gasteiger partial charge in [-0.3, -0.25) is 4.98 Å². The molecule has 1 aromatic rings. The summed E-state index contributed by atoms with van der Waals surface area (Å²) >= 11 is 0. The molecule has 0 aliphatic carbocycles. The van der Waals surface area contributed by atoms with Crippen LogP contribution < -0.4 is 5.73 Å². The van der Waals surface area contributed by atoms with E-state index >= 15 is 0 Å². The van der Waals surface area contributed by atoms with Gasteiger partial charge in [0.15, 0.2) is 0 Å². The number of rotatable bonds is 12. The standard InChI is InChI=1S/C18H32N2O2/c1-2-3-4-5-6-7-8-9-11-15-12-10-13-17(20-15)18(22)16(19)14-21/h10,12-13,16,18,21-22H,2-9,11,14,19H2,1H3. The molecule has 4 N–H and O–H groups in total. The highest BCUT2D eigenvalue weighted by molar-refractivity contribution is 5.14. The summed E-state index contributed by atoms with van der Waals surface area (Å²) in [6.45, 7) is 2.00. The maximum Gasteiger partial charge on any atom is 0.113 e. The molecule has 0 aromatic carbocycles. The summed E-state index contributed by atoms with van der Waals surface area (Å²) in [6, 6.07) is 4.97. The Bertz CT molecular complexity index is 398. The van der Waals surface area contributed by atoms with Crippen LogP contribution in [0.25, 0.3) is 0 Å². The van der Waals surface area contributed by atoms with E-state index in [1.807, 2.05) is 12.1 Å². The van der Waals surface area contributed by atoms with Crippen molar-refractivity contribution in [3.05, 3.63) is 29.6 Å². The SMILES string of the molecule is CCCCCCCCCCc1cccc(C(O)C(N)CO)n1. The molecule has 0 aliphatic rings. The fraction of sp³-hybridized carbons (Fsp3) is 0.722. The first kappa shape index (κ1) is 19.1. The minimum atomic E-state index is -0.900. The maximum absolute atomic E-state index is 9.98. The second-order valence-electron chi connectivity index (χ2n) is 6.07. The monoisotopic (exact) mass is 308 g/mol. The Kier molecular flexibility index (Phi) is 10.0. The number of aliphatic hydroxyl groups is 2. The first-order chi connectivity index (χ1) is 10.7. The Hall–Kier alpha value is -0.970. The molecular formula is C18H32N2O2. The van der Waals surface area contributed by atoms with E-state index in [2.05, 4.69) is 11.9 Å². The molecule has 22 heavy (non-hydrogen) atoms. The smallest absolute Gasteiger partial charge is 0.113 e. The lowest BCUT2D eigenvalue weighted by atomic mass is 10.1. The molecule has 0 amide bonds. The lowest BCUT2D eigenvalue weighted by Crippen LogP contribution is -2.32. The van der Waals surface area contributed by atoms with Crippen molar-refractivity contribution in [3.8, 4) is 0 Å². The first-order valence-corrected chi connectivity index (χ1v) is 8.69. The third-order valence-corrected chi connectivity index (χ3v) is 4.03. The second-order valence-corrected chi connectivity index (χ2v) is 6.07. The molecule has 0 aliphatic heterocycles. The summed E-state index contributed by atoms with van der Waals surface area (Å²) in [5, 5.41) is 19.0. The summed E-state index contributed by atoms with van der Waals surface area (Å²) in [6.07, 6.45) is 10.4. The number of pyridine rings is 1. The van der Waals surface area contributed by atoms with Crippen molar-refractivity contribution in [2.24, 2.45) is 5.73 Å². The summed E-state index contributed by atoms with van der Waals surface area (Å²) in [7, 11) is 0. The van der Waals surface area contributed by atoms with Crippen LogP contribution in [0.3, 0.4) is 0 Å². The molecule has 0 radical (unpaired) electrons. The molecule has 0 fully saturated rings. The quantitative estimate of drug-likeness (QED) is 0.518. The number of aliphatic hydroxyl groups excluding tert-OH is 2. The van der Waals surface area contributed by atoms with Crippen molar-refractivity contribution in [2.45, 2.75) is 76.9 Å². The van der Waals surface area contributed by atoms with Gasteiger partial charge >= 0.3 is 0 Å². The molecule has 0 spiro atoms. The van der Waals surface area contributed by atoms with Crippen LogP contribution in [0.1, 0.15) is 75.8 Å². The topological polar surface area (TPSA) is 79.4 Å². The molecule has 4 heteroatoms. The molecule has 2 atom stereocenters. The van der Waals surface area contributed by atoms with E-state index in [-0.39, 0.29) is 6.61 Å². The predicted octanol–water partition coefficient (Wildman–Crippen LogP) is 3.12. The number of hydrogen-bond acceptors (Lipinski definition) is 4. The summed E-state index contributed by atoms with van der Waals surface area (Å²) in [4.78, 5) is 4.46. The van der Waals surface area contributed by atoms with Crippen molar-refractivity contribution in [3.63, 3.8) is 0 Å².